The molecule has 0 bridgehead atoms. The number of methoxy groups -OCH3 is 1. The summed E-state index contributed by atoms with van der Waals surface area (Å²) in [6, 6.07) is 15.5. The van der Waals surface area contributed by atoms with Crippen molar-refractivity contribution < 1.29 is 14.3 Å². The van der Waals surface area contributed by atoms with E-state index in [0.29, 0.717) is 17.8 Å². The quantitative estimate of drug-likeness (QED) is 0.776. The van der Waals surface area contributed by atoms with Crippen LogP contribution in [0.1, 0.15) is 17.3 Å². The molecule has 0 aromatic heterocycles. The Kier molecular flexibility index (Phi) is 8.78. The van der Waals surface area contributed by atoms with Crippen LogP contribution in [0.2, 0.25) is 0 Å². The lowest BCUT2D eigenvalue weighted by Gasteiger charge is -2.21. The number of carbonyl (C=O) groups is 2. The third-order valence-corrected chi connectivity index (χ3v) is 3.69. The minimum atomic E-state index is -0.763. The SMILES string of the molecule is CCN(C(=O)c1cccc(NC(=O)[C@@H](N)COC)c1)c1ccccc1.Cl. The van der Waals surface area contributed by atoms with Crippen molar-refractivity contribution in [2.75, 3.05) is 30.5 Å². The number of carbonyl (C=O) groups excluding carboxylic acids is 2. The molecule has 0 heterocycles. The van der Waals surface area contributed by atoms with Crippen LogP contribution in [0.4, 0.5) is 11.4 Å². The first-order valence-corrected chi connectivity index (χ1v) is 8.09. The second-order valence-corrected chi connectivity index (χ2v) is 5.52. The van der Waals surface area contributed by atoms with E-state index in [0.717, 1.165) is 5.69 Å². The predicted octanol–water partition coefficient (Wildman–Crippen LogP) is 2.69. The predicted molar refractivity (Wildman–Crippen MR) is 106 cm³/mol. The molecule has 2 aromatic carbocycles. The highest BCUT2D eigenvalue weighted by Gasteiger charge is 2.17. The fourth-order valence-corrected chi connectivity index (χ4v) is 2.43. The van der Waals surface area contributed by atoms with E-state index in [1.54, 1.807) is 29.2 Å². The van der Waals surface area contributed by atoms with Crippen LogP contribution in [0, 0.1) is 0 Å². The molecule has 0 radical (unpaired) electrons. The molecule has 26 heavy (non-hydrogen) atoms. The van der Waals surface area contributed by atoms with E-state index in [-0.39, 0.29) is 30.8 Å². The van der Waals surface area contributed by atoms with Crippen LogP contribution >= 0.6 is 12.4 Å². The molecule has 2 aromatic rings. The first-order valence-electron chi connectivity index (χ1n) is 8.09. The fraction of sp³-hybridized carbons (Fsp3) is 0.263. The second kappa shape index (κ2) is 10.6. The number of anilines is 2. The molecular formula is C19H24ClN3O3. The number of para-hydroxylation sites is 1. The summed E-state index contributed by atoms with van der Waals surface area (Å²) in [6.07, 6.45) is 0. The number of nitrogens with two attached hydrogens (primary N) is 1. The molecule has 2 amide bonds. The number of halogens is 1. The highest BCUT2D eigenvalue weighted by atomic mass is 35.5. The molecule has 0 fully saturated rings. The molecule has 140 valence electrons. The van der Waals surface area contributed by atoms with Crippen molar-refractivity contribution in [3.05, 3.63) is 60.2 Å². The van der Waals surface area contributed by atoms with Gasteiger partial charge in [0.05, 0.1) is 6.61 Å². The van der Waals surface area contributed by atoms with E-state index < -0.39 is 6.04 Å². The monoisotopic (exact) mass is 377 g/mol. The zero-order valence-corrected chi connectivity index (χ0v) is 15.7. The van der Waals surface area contributed by atoms with E-state index in [1.807, 2.05) is 37.3 Å². The van der Waals surface area contributed by atoms with Crippen LogP contribution in [0.15, 0.2) is 54.6 Å². The molecule has 0 unspecified atom stereocenters. The van der Waals surface area contributed by atoms with Gasteiger partial charge in [-0.3, -0.25) is 9.59 Å². The zero-order valence-electron chi connectivity index (χ0n) is 14.8. The van der Waals surface area contributed by atoms with Crippen molar-refractivity contribution in [1.82, 2.24) is 0 Å². The summed E-state index contributed by atoms with van der Waals surface area (Å²) in [4.78, 5) is 26.5. The number of ether oxygens (including phenoxy) is 1. The number of amides is 2. The van der Waals surface area contributed by atoms with Gasteiger partial charge in [-0.1, -0.05) is 24.3 Å². The summed E-state index contributed by atoms with van der Waals surface area (Å²) in [5, 5.41) is 2.70. The minimum absolute atomic E-state index is 0. The number of hydrogen-bond donors (Lipinski definition) is 2. The molecule has 1 atom stereocenters. The van der Waals surface area contributed by atoms with Gasteiger partial charge in [-0.15, -0.1) is 12.4 Å². The second-order valence-electron chi connectivity index (χ2n) is 5.52. The average Bonchev–Trinajstić information content (AvgIpc) is 2.63. The van der Waals surface area contributed by atoms with Crippen LogP contribution in [-0.4, -0.2) is 38.1 Å². The standard InChI is InChI=1S/C19H23N3O3.ClH/c1-3-22(16-10-5-4-6-11-16)19(24)14-8-7-9-15(12-14)21-18(23)17(20)13-25-2;/h4-12,17H,3,13,20H2,1-2H3,(H,21,23);1H/t17-;/m0./s1. The van der Waals surface area contributed by atoms with E-state index in [9.17, 15) is 9.59 Å². The fourth-order valence-electron chi connectivity index (χ4n) is 2.43. The number of nitrogens with zero attached hydrogens (tertiary/aromatic N) is 1. The maximum Gasteiger partial charge on any atom is 0.258 e. The Morgan fingerprint density at radius 3 is 2.46 bits per heavy atom. The topological polar surface area (TPSA) is 84.7 Å². The molecule has 0 aliphatic carbocycles. The third kappa shape index (κ3) is 5.56. The van der Waals surface area contributed by atoms with Gasteiger partial charge in [-0.2, -0.15) is 0 Å². The van der Waals surface area contributed by atoms with Gasteiger partial charge in [-0.05, 0) is 37.3 Å². The maximum absolute atomic E-state index is 12.8. The number of hydrogen-bond acceptors (Lipinski definition) is 4. The summed E-state index contributed by atoms with van der Waals surface area (Å²) in [6.45, 7) is 2.58. The molecule has 0 saturated carbocycles. The first-order chi connectivity index (χ1) is 12.1. The van der Waals surface area contributed by atoms with Crippen LogP contribution in [0.5, 0.6) is 0 Å². The van der Waals surface area contributed by atoms with Gasteiger partial charge in [0.15, 0.2) is 0 Å². The molecule has 0 aliphatic rings. The van der Waals surface area contributed by atoms with Gasteiger partial charge in [0.1, 0.15) is 6.04 Å². The van der Waals surface area contributed by atoms with Gasteiger partial charge in [0, 0.05) is 30.6 Å². The summed E-state index contributed by atoms with van der Waals surface area (Å²) in [5.74, 6) is -0.493. The summed E-state index contributed by atoms with van der Waals surface area (Å²) >= 11 is 0. The Balaban J connectivity index is 0.00000338. The highest BCUT2D eigenvalue weighted by Crippen LogP contribution is 2.18. The van der Waals surface area contributed by atoms with Crippen molar-refractivity contribution in [2.45, 2.75) is 13.0 Å². The molecule has 6 nitrogen and oxygen atoms in total. The molecule has 7 heteroatoms. The average molecular weight is 378 g/mol. The van der Waals surface area contributed by atoms with Crippen LogP contribution in [-0.2, 0) is 9.53 Å². The molecule has 2 rings (SSSR count). The zero-order chi connectivity index (χ0) is 18.2. The molecule has 0 aliphatic heterocycles. The third-order valence-electron chi connectivity index (χ3n) is 3.69. The molecular weight excluding hydrogens is 354 g/mol. The molecule has 0 spiro atoms. The summed E-state index contributed by atoms with van der Waals surface area (Å²) in [5.41, 5.74) is 7.54. The van der Waals surface area contributed by atoms with Crippen molar-refractivity contribution in [2.24, 2.45) is 5.73 Å². The van der Waals surface area contributed by atoms with Crippen molar-refractivity contribution >= 4 is 35.6 Å². The maximum atomic E-state index is 12.8. The Bertz CT molecular complexity index is 725. The highest BCUT2D eigenvalue weighted by molar-refractivity contribution is 6.07. The van der Waals surface area contributed by atoms with Crippen LogP contribution in [0.25, 0.3) is 0 Å². The number of benzene rings is 2. The summed E-state index contributed by atoms with van der Waals surface area (Å²) < 4.78 is 4.87. The van der Waals surface area contributed by atoms with E-state index in [2.05, 4.69) is 5.32 Å². The van der Waals surface area contributed by atoms with Crippen molar-refractivity contribution in [3.63, 3.8) is 0 Å². The number of rotatable bonds is 7. The van der Waals surface area contributed by atoms with Crippen molar-refractivity contribution in [1.29, 1.82) is 0 Å². The van der Waals surface area contributed by atoms with Crippen LogP contribution in [0.3, 0.4) is 0 Å². The van der Waals surface area contributed by atoms with E-state index >= 15 is 0 Å². The van der Waals surface area contributed by atoms with Crippen molar-refractivity contribution in [3.8, 4) is 0 Å². The smallest absolute Gasteiger partial charge is 0.258 e. The first kappa shape index (κ1) is 21.6. The Morgan fingerprint density at radius 2 is 1.85 bits per heavy atom. The van der Waals surface area contributed by atoms with Gasteiger partial charge >= 0.3 is 0 Å². The minimum Gasteiger partial charge on any atom is -0.383 e. The Labute approximate surface area is 159 Å². The van der Waals surface area contributed by atoms with E-state index in [1.165, 1.54) is 7.11 Å². The lowest BCUT2D eigenvalue weighted by Crippen LogP contribution is -2.39. The molecule has 0 saturated heterocycles. The largest absolute Gasteiger partial charge is 0.383 e. The normalized spacial score (nSPS) is 11.2. The lowest BCUT2D eigenvalue weighted by atomic mass is 10.1. The lowest BCUT2D eigenvalue weighted by molar-refractivity contribution is -0.118. The van der Waals surface area contributed by atoms with Gasteiger partial charge < -0.3 is 20.7 Å². The van der Waals surface area contributed by atoms with E-state index in [4.69, 9.17) is 10.5 Å². The van der Waals surface area contributed by atoms with Gasteiger partial charge in [0.2, 0.25) is 5.91 Å². The van der Waals surface area contributed by atoms with Gasteiger partial charge in [-0.25, -0.2) is 0 Å². The molecule has 3 N–H and O–H groups in total. The summed E-state index contributed by atoms with van der Waals surface area (Å²) in [7, 11) is 1.48. The Hall–Kier alpha value is -2.41. The number of nitrogens with one attached hydrogen (secondary N) is 1. The van der Waals surface area contributed by atoms with Crippen LogP contribution < -0.4 is 16.0 Å². The Morgan fingerprint density at radius 1 is 1.15 bits per heavy atom. The van der Waals surface area contributed by atoms with Gasteiger partial charge in [0.25, 0.3) is 5.91 Å².